The van der Waals surface area contributed by atoms with Crippen molar-refractivity contribution < 1.29 is 9.53 Å². The lowest BCUT2D eigenvalue weighted by molar-refractivity contribution is 0.0923. The largest absolute Gasteiger partial charge is 0.497 e. The molecule has 26 heavy (non-hydrogen) atoms. The SMILES string of the molecule is COc1ccc2nc(N3CCC(NC(=O)c4cncn4C)CC3)sc2c1. The number of rotatable bonds is 4. The van der Waals surface area contributed by atoms with Crippen molar-refractivity contribution in [2.75, 3.05) is 25.1 Å². The molecule has 8 heteroatoms. The molecule has 0 unspecified atom stereocenters. The Kier molecular flexibility index (Phi) is 4.50. The quantitative estimate of drug-likeness (QED) is 0.763. The number of anilines is 1. The standard InChI is InChI=1S/C18H21N5O2S/c1-22-11-19-10-15(22)17(24)20-12-5-7-23(8-6-12)18-21-14-4-3-13(25-2)9-16(14)26-18/h3-4,9-12H,5-8H2,1-2H3,(H,20,24). The molecule has 7 nitrogen and oxygen atoms in total. The van der Waals surface area contributed by atoms with Crippen molar-refractivity contribution in [1.82, 2.24) is 19.9 Å². The number of nitrogens with one attached hydrogen (secondary N) is 1. The monoisotopic (exact) mass is 371 g/mol. The van der Waals surface area contributed by atoms with Gasteiger partial charge >= 0.3 is 0 Å². The molecule has 1 N–H and O–H groups in total. The van der Waals surface area contributed by atoms with E-state index in [4.69, 9.17) is 9.72 Å². The maximum Gasteiger partial charge on any atom is 0.269 e. The van der Waals surface area contributed by atoms with Gasteiger partial charge in [-0.1, -0.05) is 11.3 Å². The second-order valence-corrected chi connectivity index (χ2v) is 7.46. The molecule has 1 fully saturated rings. The molecular formula is C18H21N5O2S. The van der Waals surface area contributed by atoms with E-state index in [0.29, 0.717) is 5.69 Å². The van der Waals surface area contributed by atoms with E-state index in [1.54, 1.807) is 35.5 Å². The van der Waals surface area contributed by atoms with E-state index in [-0.39, 0.29) is 11.9 Å². The molecule has 4 rings (SSSR count). The molecule has 3 aromatic rings. The first-order valence-electron chi connectivity index (χ1n) is 8.61. The van der Waals surface area contributed by atoms with Crippen LogP contribution in [-0.2, 0) is 7.05 Å². The van der Waals surface area contributed by atoms with Crippen LogP contribution in [0.2, 0.25) is 0 Å². The van der Waals surface area contributed by atoms with Crippen molar-refractivity contribution in [1.29, 1.82) is 0 Å². The van der Waals surface area contributed by atoms with Crippen molar-refractivity contribution >= 4 is 32.6 Å². The van der Waals surface area contributed by atoms with E-state index in [2.05, 4.69) is 15.2 Å². The summed E-state index contributed by atoms with van der Waals surface area (Å²) >= 11 is 1.68. The Balaban J connectivity index is 1.39. The van der Waals surface area contributed by atoms with Crippen molar-refractivity contribution in [3.8, 4) is 5.75 Å². The zero-order valence-electron chi connectivity index (χ0n) is 14.8. The molecule has 1 aliphatic rings. The van der Waals surface area contributed by atoms with Gasteiger partial charge in [0.15, 0.2) is 5.13 Å². The fourth-order valence-electron chi connectivity index (χ4n) is 3.21. The van der Waals surface area contributed by atoms with Gasteiger partial charge in [-0.3, -0.25) is 4.79 Å². The minimum atomic E-state index is -0.0597. The van der Waals surface area contributed by atoms with E-state index in [1.807, 2.05) is 25.2 Å². The molecule has 3 heterocycles. The first kappa shape index (κ1) is 16.8. The average Bonchev–Trinajstić information content (AvgIpc) is 3.27. The second-order valence-electron chi connectivity index (χ2n) is 6.45. The van der Waals surface area contributed by atoms with Gasteiger partial charge in [0.05, 0.1) is 29.9 Å². The first-order chi connectivity index (χ1) is 12.6. The molecule has 0 spiro atoms. The summed E-state index contributed by atoms with van der Waals surface area (Å²) in [5, 5.41) is 4.15. The van der Waals surface area contributed by atoms with E-state index >= 15 is 0 Å². The summed E-state index contributed by atoms with van der Waals surface area (Å²) in [6, 6.07) is 6.14. The van der Waals surface area contributed by atoms with Gasteiger partial charge in [0, 0.05) is 26.2 Å². The lowest BCUT2D eigenvalue weighted by Gasteiger charge is -2.32. The third kappa shape index (κ3) is 3.24. The highest BCUT2D eigenvalue weighted by Crippen LogP contribution is 2.32. The van der Waals surface area contributed by atoms with Crippen molar-refractivity contribution in [3.63, 3.8) is 0 Å². The number of fused-ring (bicyclic) bond motifs is 1. The number of hydrogen-bond acceptors (Lipinski definition) is 6. The van der Waals surface area contributed by atoms with E-state index in [9.17, 15) is 4.79 Å². The zero-order chi connectivity index (χ0) is 18.1. The number of ether oxygens (including phenoxy) is 1. The van der Waals surface area contributed by atoms with E-state index in [0.717, 1.165) is 47.0 Å². The van der Waals surface area contributed by atoms with E-state index in [1.165, 1.54) is 0 Å². The maximum atomic E-state index is 12.3. The predicted octanol–water partition coefficient (Wildman–Crippen LogP) is 2.44. The van der Waals surface area contributed by atoms with Crippen LogP contribution in [0.1, 0.15) is 23.3 Å². The number of amides is 1. The highest BCUT2D eigenvalue weighted by atomic mass is 32.1. The predicted molar refractivity (Wildman–Crippen MR) is 102 cm³/mol. The number of carbonyl (C=O) groups is 1. The third-order valence-electron chi connectivity index (χ3n) is 4.73. The molecule has 1 aromatic carbocycles. The molecule has 0 aliphatic carbocycles. The number of carbonyl (C=O) groups excluding carboxylic acids is 1. The molecule has 1 amide bonds. The van der Waals surface area contributed by atoms with Gasteiger partial charge in [0.2, 0.25) is 0 Å². The van der Waals surface area contributed by atoms with Crippen LogP contribution in [0.15, 0.2) is 30.7 Å². The molecule has 1 saturated heterocycles. The summed E-state index contributed by atoms with van der Waals surface area (Å²) in [6.07, 6.45) is 5.05. The van der Waals surface area contributed by atoms with Crippen LogP contribution in [-0.4, -0.2) is 46.7 Å². The van der Waals surface area contributed by atoms with E-state index < -0.39 is 0 Å². The number of imidazole rings is 1. The Hall–Kier alpha value is -2.61. The molecule has 1 aliphatic heterocycles. The molecule has 0 bridgehead atoms. The normalized spacial score (nSPS) is 15.4. The zero-order valence-corrected chi connectivity index (χ0v) is 15.6. The Morgan fingerprint density at radius 2 is 2.15 bits per heavy atom. The van der Waals surface area contributed by atoms with Crippen molar-refractivity contribution in [3.05, 3.63) is 36.4 Å². The van der Waals surface area contributed by atoms with Gasteiger partial charge in [0.1, 0.15) is 11.4 Å². The van der Waals surface area contributed by atoms with Crippen LogP contribution in [0, 0.1) is 0 Å². The number of aryl methyl sites for hydroxylation is 1. The fraction of sp³-hybridized carbons (Fsp3) is 0.389. The number of hydrogen-bond donors (Lipinski definition) is 1. The molecule has 0 saturated carbocycles. The second kappa shape index (κ2) is 6.95. The fourth-order valence-corrected chi connectivity index (χ4v) is 4.25. The van der Waals surface area contributed by atoms with Gasteiger partial charge < -0.3 is 19.5 Å². The summed E-state index contributed by atoms with van der Waals surface area (Å²) in [5.74, 6) is 0.791. The lowest BCUT2D eigenvalue weighted by Crippen LogP contribution is -2.45. The van der Waals surface area contributed by atoms with Gasteiger partial charge in [0.25, 0.3) is 5.91 Å². The summed E-state index contributed by atoms with van der Waals surface area (Å²) in [7, 11) is 3.50. The van der Waals surface area contributed by atoms with Crippen LogP contribution in [0.5, 0.6) is 5.75 Å². The molecular weight excluding hydrogens is 350 g/mol. The van der Waals surface area contributed by atoms with Crippen LogP contribution in [0.25, 0.3) is 10.2 Å². The van der Waals surface area contributed by atoms with Crippen molar-refractivity contribution in [2.24, 2.45) is 7.05 Å². The van der Waals surface area contributed by atoms with Crippen LogP contribution < -0.4 is 15.0 Å². The molecule has 0 atom stereocenters. The topological polar surface area (TPSA) is 72.3 Å². The highest BCUT2D eigenvalue weighted by molar-refractivity contribution is 7.22. The minimum absolute atomic E-state index is 0.0597. The summed E-state index contributed by atoms with van der Waals surface area (Å²) in [5.41, 5.74) is 1.59. The van der Waals surface area contributed by atoms with Crippen LogP contribution in [0.4, 0.5) is 5.13 Å². The molecule has 0 radical (unpaired) electrons. The summed E-state index contributed by atoms with van der Waals surface area (Å²) in [6.45, 7) is 1.76. The smallest absolute Gasteiger partial charge is 0.269 e. The number of nitrogens with zero attached hydrogens (tertiary/aromatic N) is 4. The first-order valence-corrected chi connectivity index (χ1v) is 9.42. The number of aromatic nitrogens is 3. The Morgan fingerprint density at radius 3 is 2.85 bits per heavy atom. The van der Waals surface area contributed by atoms with Gasteiger partial charge in [-0.15, -0.1) is 0 Å². The van der Waals surface area contributed by atoms with Crippen molar-refractivity contribution in [2.45, 2.75) is 18.9 Å². The minimum Gasteiger partial charge on any atom is -0.497 e. The average molecular weight is 371 g/mol. The summed E-state index contributed by atoms with van der Waals surface area (Å²) in [4.78, 5) is 23.4. The van der Waals surface area contributed by atoms with Crippen LogP contribution >= 0.6 is 11.3 Å². The Bertz CT molecular complexity index is 927. The molecule has 2 aromatic heterocycles. The van der Waals surface area contributed by atoms with Crippen LogP contribution in [0.3, 0.4) is 0 Å². The highest BCUT2D eigenvalue weighted by Gasteiger charge is 2.24. The van der Waals surface area contributed by atoms with Gasteiger partial charge in [-0.2, -0.15) is 0 Å². The Labute approximate surface area is 155 Å². The lowest BCUT2D eigenvalue weighted by atomic mass is 10.1. The molecule has 136 valence electrons. The van der Waals surface area contributed by atoms with Gasteiger partial charge in [-0.05, 0) is 31.0 Å². The maximum absolute atomic E-state index is 12.3. The number of piperidine rings is 1. The van der Waals surface area contributed by atoms with Gasteiger partial charge in [-0.25, -0.2) is 9.97 Å². The summed E-state index contributed by atoms with van der Waals surface area (Å²) < 4.78 is 8.15. The number of thiazole rings is 1. The number of methoxy groups -OCH3 is 1. The Morgan fingerprint density at radius 1 is 1.35 bits per heavy atom. The third-order valence-corrected chi connectivity index (χ3v) is 5.81. The number of benzene rings is 1.